The van der Waals surface area contributed by atoms with Gasteiger partial charge in [0.05, 0.1) is 19.1 Å². The van der Waals surface area contributed by atoms with E-state index in [9.17, 15) is 9.90 Å². The Labute approximate surface area is 165 Å². The van der Waals surface area contributed by atoms with E-state index in [0.29, 0.717) is 5.75 Å². The normalized spacial score (nSPS) is 15.3. The minimum absolute atomic E-state index is 0.240. The fourth-order valence-electron chi connectivity index (χ4n) is 3.02. The summed E-state index contributed by atoms with van der Waals surface area (Å²) in [5.41, 5.74) is 0.944. The van der Waals surface area contributed by atoms with E-state index in [0.717, 1.165) is 16.9 Å². The molecule has 0 fully saturated rings. The third-order valence-electron chi connectivity index (χ3n) is 4.85. The first kappa shape index (κ1) is 23.5. The number of ether oxygens (including phenoxy) is 2. The van der Waals surface area contributed by atoms with Crippen molar-refractivity contribution >= 4 is 5.97 Å². The fraction of sp³-hybridized carbons (Fsp3) is 0.696. The predicted octanol–water partition coefficient (Wildman–Crippen LogP) is 5.24. The Balaban J connectivity index is 3.50. The maximum absolute atomic E-state index is 12.9. The van der Waals surface area contributed by atoms with Gasteiger partial charge < -0.3 is 14.6 Å². The summed E-state index contributed by atoms with van der Waals surface area (Å²) < 4.78 is 11.4. The van der Waals surface area contributed by atoms with Crippen molar-refractivity contribution in [3.05, 3.63) is 23.3 Å². The molecule has 1 aromatic rings. The van der Waals surface area contributed by atoms with Crippen molar-refractivity contribution < 1.29 is 19.4 Å². The Morgan fingerprint density at radius 1 is 0.926 bits per heavy atom. The number of hydrogen-bond acceptors (Lipinski definition) is 4. The van der Waals surface area contributed by atoms with E-state index in [1.54, 1.807) is 14.0 Å². The van der Waals surface area contributed by atoms with Gasteiger partial charge in [-0.25, -0.2) is 0 Å². The lowest BCUT2D eigenvalue weighted by Gasteiger charge is -2.32. The highest BCUT2D eigenvalue weighted by atomic mass is 16.5. The molecule has 0 aliphatic heterocycles. The molecule has 0 saturated heterocycles. The molecule has 0 heterocycles. The summed E-state index contributed by atoms with van der Waals surface area (Å²) in [5.74, 6) is 0.271. The number of esters is 1. The fourth-order valence-corrected chi connectivity index (χ4v) is 3.02. The van der Waals surface area contributed by atoms with Crippen LogP contribution in [0.15, 0.2) is 12.1 Å². The average Bonchev–Trinajstić information content (AvgIpc) is 2.50. The third kappa shape index (κ3) is 5.71. The van der Waals surface area contributed by atoms with Crippen molar-refractivity contribution in [3.8, 4) is 11.5 Å². The largest absolute Gasteiger partial charge is 0.497 e. The maximum Gasteiger partial charge on any atom is 0.316 e. The van der Waals surface area contributed by atoms with Gasteiger partial charge in [-0.1, -0.05) is 62.3 Å². The van der Waals surface area contributed by atoms with E-state index in [2.05, 4.69) is 41.5 Å². The molecular weight excluding hydrogens is 340 g/mol. The molecule has 0 amide bonds. The van der Waals surface area contributed by atoms with E-state index >= 15 is 0 Å². The molecular formula is C23H38O4. The molecule has 0 aromatic heterocycles. The molecule has 0 radical (unpaired) electrons. The average molecular weight is 379 g/mol. The molecule has 0 saturated carbocycles. The Kier molecular flexibility index (Phi) is 6.81. The summed E-state index contributed by atoms with van der Waals surface area (Å²) >= 11 is 0. The number of rotatable bonds is 4. The van der Waals surface area contributed by atoms with Crippen LogP contribution in [0.4, 0.5) is 0 Å². The van der Waals surface area contributed by atoms with Crippen LogP contribution in [0.2, 0.25) is 0 Å². The minimum atomic E-state index is -0.792. The molecule has 2 unspecified atom stereocenters. The van der Waals surface area contributed by atoms with Gasteiger partial charge in [-0.2, -0.15) is 0 Å². The van der Waals surface area contributed by atoms with Gasteiger partial charge in [-0.05, 0) is 35.3 Å². The molecule has 1 rings (SSSR count). The molecule has 0 aliphatic carbocycles. The highest BCUT2D eigenvalue weighted by molar-refractivity contribution is 5.77. The zero-order valence-corrected chi connectivity index (χ0v) is 19.0. The van der Waals surface area contributed by atoms with E-state index < -0.39 is 23.4 Å². The van der Waals surface area contributed by atoms with Gasteiger partial charge in [0, 0.05) is 11.1 Å². The van der Waals surface area contributed by atoms with Crippen molar-refractivity contribution in [3.63, 3.8) is 0 Å². The Morgan fingerprint density at radius 3 is 1.63 bits per heavy atom. The maximum atomic E-state index is 12.9. The van der Waals surface area contributed by atoms with Gasteiger partial charge in [0.1, 0.15) is 11.5 Å². The van der Waals surface area contributed by atoms with E-state index in [4.69, 9.17) is 9.47 Å². The van der Waals surface area contributed by atoms with Crippen molar-refractivity contribution in [2.24, 2.45) is 11.3 Å². The van der Waals surface area contributed by atoms with Crippen molar-refractivity contribution in [2.45, 2.75) is 86.2 Å². The van der Waals surface area contributed by atoms with E-state index in [1.165, 1.54) is 0 Å². The number of hydrogen-bond donors (Lipinski definition) is 1. The summed E-state index contributed by atoms with van der Waals surface area (Å²) in [6.07, 6.45) is -0.792. The van der Waals surface area contributed by atoms with Gasteiger partial charge in [-0.3, -0.25) is 4.79 Å². The number of carbonyl (C=O) groups excluding carboxylic acids is 1. The van der Waals surface area contributed by atoms with Gasteiger partial charge in [0.15, 0.2) is 0 Å². The van der Waals surface area contributed by atoms with Crippen LogP contribution in [0.3, 0.4) is 0 Å². The molecule has 4 heteroatoms. The monoisotopic (exact) mass is 378 g/mol. The van der Waals surface area contributed by atoms with E-state index in [1.807, 2.05) is 32.9 Å². The molecule has 2 atom stereocenters. The van der Waals surface area contributed by atoms with Crippen LogP contribution in [0.25, 0.3) is 0 Å². The number of aliphatic hydroxyl groups is 1. The van der Waals surface area contributed by atoms with Crippen molar-refractivity contribution in [1.29, 1.82) is 0 Å². The van der Waals surface area contributed by atoms with Gasteiger partial charge in [-0.15, -0.1) is 0 Å². The summed E-state index contributed by atoms with van der Waals surface area (Å²) in [4.78, 5) is 12.9. The first-order valence-electron chi connectivity index (χ1n) is 9.63. The molecule has 1 N–H and O–H groups in total. The lowest BCUT2D eigenvalue weighted by molar-refractivity contribution is -0.145. The molecule has 154 valence electrons. The van der Waals surface area contributed by atoms with Crippen molar-refractivity contribution in [1.82, 2.24) is 0 Å². The highest BCUT2D eigenvalue weighted by Gasteiger charge is 2.35. The van der Waals surface area contributed by atoms with Crippen LogP contribution < -0.4 is 9.47 Å². The van der Waals surface area contributed by atoms with Crippen LogP contribution in [0.1, 0.15) is 80.4 Å². The lowest BCUT2D eigenvalue weighted by atomic mass is 9.79. The summed E-state index contributed by atoms with van der Waals surface area (Å²) in [6, 6.07) is 3.87. The second-order valence-corrected chi connectivity index (χ2v) is 10.6. The van der Waals surface area contributed by atoms with Crippen LogP contribution in [-0.4, -0.2) is 24.3 Å². The lowest BCUT2D eigenvalue weighted by Crippen LogP contribution is -2.38. The topological polar surface area (TPSA) is 55.8 Å². The minimum Gasteiger partial charge on any atom is -0.497 e. The first-order chi connectivity index (χ1) is 12.0. The Bertz CT molecular complexity index is 634. The second kappa shape index (κ2) is 7.83. The zero-order chi connectivity index (χ0) is 21.4. The predicted molar refractivity (Wildman–Crippen MR) is 111 cm³/mol. The quantitative estimate of drug-likeness (QED) is 0.575. The molecule has 0 spiro atoms. The first-order valence-corrected chi connectivity index (χ1v) is 9.63. The smallest absolute Gasteiger partial charge is 0.316 e. The summed E-state index contributed by atoms with van der Waals surface area (Å²) in [7, 11) is 1.64. The van der Waals surface area contributed by atoms with Crippen LogP contribution in [0.5, 0.6) is 11.5 Å². The van der Waals surface area contributed by atoms with E-state index in [-0.39, 0.29) is 10.8 Å². The zero-order valence-electron chi connectivity index (χ0n) is 19.0. The number of methoxy groups -OCH3 is 1. The molecule has 0 bridgehead atoms. The SMILES string of the molecule is COc1cc(C(C)(C)C)c(OC(=O)C(C)C(O)C(C)(C)C)c(C(C)(C)C)c1. The summed E-state index contributed by atoms with van der Waals surface area (Å²) in [5, 5.41) is 10.5. The Hall–Kier alpha value is -1.55. The van der Waals surface area contributed by atoms with Gasteiger partial charge in [0.2, 0.25) is 0 Å². The highest BCUT2D eigenvalue weighted by Crippen LogP contribution is 2.43. The number of aliphatic hydroxyl groups excluding tert-OH is 1. The number of carbonyl (C=O) groups is 1. The van der Waals surface area contributed by atoms with Crippen LogP contribution in [0, 0.1) is 11.3 Å². The number of benzene rings is 1. The van der Waals surface area contributed by atoms with Crippen LogP contribution in [-0.2, 0) is 15.6 Å². The van der Waals surface area contributed by atoms with Crippen LogP contribution >= 0.6 is 0 Å². The second-order valence-electron chi connectivity index (χ2n) is 10.6. The standard InChI is InChI=1S/C23H38O4/c1-14(19(24)23(8,9)10)20(25)27-18-16(21(2,3)4)12-15(26-11)13-17(18)22(5,6)7/h12-14,19,24H,1-11H3. The van der Waals surface area contributed by atoms with Crippen molar-refractivity contribution in [2.75, 3.05) is 7.11 Å². The molecule has 4 nitrogen and oxygen atoms in total. The molecule has 27 heavy (non-hydrogen) atoms. The molecule has 1 aromatic carbocycles. The molecule has 0 aliphatic rings. The summed E-state index contributed by atoms with van der Waals surface area (Å²) in [6.45, 7) is 19.9. The van der Waals surface area contributed by atoms with Gasteiger partial charge in [0.25, 0.3) is 0 Å². The Morgan fingerprint density at radius 2 is 1.33 bits per heavy atom. The third-order valence-corrected chi connectivity index (χ3v) is 4.85. The van der Waals surface area contributed by atoms with Gasteiger partial charge >= 0.3 is 5.97 Å².